The third-order valence-electron chi connectivity index (χ3n) is 3.06. The molecule has 0 amide bonds. The summed E-state index contributed by atoms with van der Waals surface area (Å²) in [6.07, 6.45) is -4.32. The van der Waals surface area contributed by atoms with Gasteiger partial charge in [-0.1, -0.05) is 60.2 Å². The lowest BCUT2D eigenvalue weighted by Crippen LogP contribution is -2.33. The highest BCUT2D eigenvalue weighted by molar-refractivity contribution is 5.26. The van der Waals surface area contributed by atoms with E-state index in [-0.39, 0.29) is 12.1 Å². The van der Waals surface area contributed by atoms with E-state index in [1.165, 1.54) is 6.07 Å². The molecule has 0 bridgehead atoms. The molecule has 0 saturated carbocycles. The summed E-state index contributed by atoms with van der Waals surface area (Å²) in [5.41, 5.74) is 1.89. The van der Waals surface area contributed by atoms with Gasteiger partial charge in [0.05, 0.1) is 0 Å². The lowest BCUT2D eigenvalue weighted by molar-refractivity contribution is -0.158. The van der Waals surface area contributed by atoms with Crippen molar-refractivity contribution >= 4 is 0 Å². The highest BCUT2D eigenvalue weighted by Gasteiger charge is 2.40. The third kappa shape index (κ3) is 3.84. The summed E-state index contributed by atoms with van der Waals surface area (Å²) >= 11 is 0. The Balaban J connectivity index is 2.17. The van der Waals surface area contributed by atoms with Crippen LogP contribution in [-0.4, -0.2) is 6.18 Å². The van der Waals surface area contributed by atoms with Crippen molar-refractivity contribution in [3.8, 4) is 0 Å². The number of alkyl halides is 3. The molecule has 2 aromatic carbocycles. The number of hydrogen-bond donors (Lipinski definition) is 1. The molecule has 0 fully saturated rings. The third-order valence-corrected chi connectivity index (χ3v) is 3.06. The Morgan fingerprint density at radius 3 is 2.30 bits per heavy atom. The molecule has 0 aromatic heterocycles. The first-order valence-corrected chi connectivity index (χ1v) is 6.37. The summed E-state index contributed by atoms with van der Waals surface area (Å²) in [6.45, 7) is 1.97. The van der Waals surface area contributed by atoms with Gasteiger partial charge in [0.2, 0.25) is 0 Å². The van der Waals surface area contributed by atoms with Crippen molar-refractivity contribution < 1.29 is 13.2 Å². The second-order valence-electron chi connectivity index (χ2n) is 4.76. The maximum absolute atomic E-state index is 13.2. The number of halogens is 3. The molecule has 0 aliphatic carbocycles. The predicted molar refractivity (Wildman–Crippen MR) is 73.3 cm³/mol. The average Bonchev–Trinajstić information content (AvgIpc) is 2.39. The molecule has 0 heterocycles. The molecule has 0 unspecified atom stereocenters. The van der Waals surface area contributed by atoms with Gasteiger partial charge >= 0.3 is 6.18 Å². The first-order chi connectivity index (χ1) is 9.47. The van der Waals surface area contributed by atoms with Crippen LogP contribution in [0.4, 0.5) is 13.2 Å². The van der Waals surface area contributed by atoms with Crippen molar-refractivity contribution in [2.24, 2.45) is 0 Å². The van der Waals surface area contributed by atoms with E-state index in [0.29, 0.717) is 0 Å². The van der Waals surface area contributed by atoms with Crippen LogP contribution in [0.15, 0.2) is 54.6 Å². The zero-order chi connectivity index (χ0) is 14.6. The predicted octanol–water partition coefficient (Wildman–Crippen LogP) is 4.39. The lowest BCUT2D eigenvalue weighted by Gasteiger charge is -2.22. The quantitative estimate of drug-likeness (QED) is 0.875. The van der Waals surface area contributed by atoms with Gasteiger partial charge in [0, 0.05) is 6.54 Å². The van der Waals surface area contributed by atoms with Crippen LogP contribution < -0.4 is 5.32 Å². The molecule has 0 radical (unpaired) electrons. The monoisotopic (exact) mass is 279 g/mol. The van der Waals surface area contributed by atoms with Crippen LogP contribution in [0.1, 0.15) is 22.7 Å². The zero-order valence-corrected chi connectivity index (χ0v) is 11.1. The molecule has 0 saturated heterocycles. The average molecular weight is 279 g/mol. The molecular formula is C16H16F3N. The second kappa shape index (κ2) is 6.09. The van der Waals surface area contributed by atoms with E-state index in [1.54, 1.807) is 37.3 Å². The number of aryl methyl sites for hydroxylation is 1. The molecule has 0 spiro atoms. The smallest absolute Gasteiger partial charge is 0.298 e. The maximum atomic E-state index is 13.2. The number of nitrogens with one attached hydrogen (secondary N) is 1. The molecule has 2 rings (SSSR count). The molecule has 0 aliphatic rings. The molecule has 1 N–H and O–H groups in total. The Kier molecular flexibility index (Phi) is 4.45. The van der Waals surface area contributed by atoms with Crippen LogP contribution in [0.25, 0.3) is 0 Å². The van der Waals surface area contributed by atoms with Gasteiger partial charge in [0.1, 0.15) is 6.04 Å². The SMILES string of the molecule is Cc1cccc([C@@H](NCc2ccccc2)C(F)(F)F)c1. The largest absolute Gasteiger partial charge is 0.407 e. The maximum Gasteiger partial charge on any atom is 0.407 e. The fraction of sp³-hybridized carbons (Fsp3) is 0.250. The van der Waals surface area contributed by atoms with Gasteiger partial charge in [-0.15, -0.1) is 0 Å². The van der Waals surface area contributed by atoms with Crippen LogP contribution in [0.5, 0.6) is 0 Å². The minimum absolute atomic E-state index is 0.180. The zero-order valence-electron chi connectivity index (χ0n) is 11.1. The van der Waals surface area contributed by atoms with Crippen molar-refractivity contribution in [2.75, 3.05) is 0 Å². The Hall–Kier alpha value is -1.81. The summed E-state index contributed by atoms with van der Waals surface area (Å²) < 4.78 is 39.5. The summed E-state index contributed by atoms with van der Waals surface area (Å²) in [7, 11) is 0. The Morgan fingerprint density at radius 2 is 1.70 bits per heavy atom. The van der Waals surface area contributed by atoms with Crippen molar-refractivity contribution in [1.82, 2.24) is 5.32 Å². The second-order valence-corrected chi connectivity index (χ2v) is 4.76. The van der Waals surface area contributed by atoms with Crippen LogP contribution in [0, 0.1) is 6.92 Å². The van der Waals surface area contributed by atoms with E-state index in [1.807, 2.05) is 18.2 Å². The fourth-order valence-corrected chi connectivity index (χ4v) is 2.09. The Morgan fingerprint density at radius 1 is 1.00 bits per heavy atom. The van der Waals surface area contributed by atoms with E-state index in [9.17, 15) is 13.2 Å². The number of rotatable bonds is 4. The van der Waals surface area contributed by atoms with Gasteiger partial charge < -0.3 is 0 Å². The van der Waals surface area contributed by atoms with Crippen LogP contribution in [0.3, 0.4) is 0 Å². The van der Waals surface area contributed by atoms with Crippen molar-refractivity contribution in [2.45, 2.75) is 25.7 Å². The van der Waals surface area contributed by atoms with Gasteiger partial charge in [-0.2, -0.15) is 13.2 Å². The van der Waals surface area contributed by atoms with Crippen LogP contribution >= 0.6 is 0 Å². The Labute approximate surface area is 116 Å². The van der Waals surface area contributed by atoms with E-state index < -0.39 is 12.2 Å². The fourth-order valence-electron chi connectivity index (χ4n) is 2.09. The molecule has 106 valence electrons. The van der Waals surface area contributed by atoms with Gasteiger partial charge in [-0.25, -0.2) is 0 Å². The first-order valence-electron chi connectivity index (χ1n) is 6.37. The molecule has 4 heteroatoms. The molecule has 20 heavy (non-hydrogen) atoms. The van der Waals surface area contributed by atoms with Crippen molar-refractivity contribution in [1.29, 1.82) is 0 Å². The van der Waals surface area contributed by atoms with Crippen LogP contribution in [-0.2, 0) is 6.54 Å². The minimum atomic E-state index is -4.32. The van der Waals surface area contributed by atoms with Gasteiger partial charge in [-0.05, 0) is 18.1 Å². The molecular weight excluding hydrogens is 263 g/mol. The van der Waals surface area contributed by atoms with Crippen LogP contribution in [0.2, 0.25) is 0 Å². The number of hydrogen-bond acceptors (Lipinski definition) is 1. The van der Waals surface area contributed by atoms with Gasteiger partial charge in [0.25, 0.3) is 0 Å². The molecule has 1 nitrogen and oxygen atoms in total. The highest BCUT2D eigenvalue weighted by Crippen LogP contribution is 2.33. The topological polar surface area (TPSA) is 12.0 Å². The molecule has 0 aliphatic heterocycles. The molecule has 1 atom stereocenters. The standard InChI is InChI=1S/C16H16F3N/c1-12-6-5-9-14(10-12)15(16(17,18)19)20-11-13-7-3-2-4-8-13/h2-10,15,20H,11H2,1H3/t15-/m1/s1. The van der Waals surface area contributed by atoms with E-state index in [4.69, 9.17) is 0 Å². The van der Waals surface area contributed by atoms with Gasteiger partial charge in [-0.3, -0.25) is 5.32 Å². The van der Waals surface area contributed by atoms with Crippen molar-refractivity contribution in [3.05, 3.63) is 71.3 Å². The Bertz CT molecular complexity index is 549. The minimum Gasteiger partial charge on any atom is -0.298 e. The van der Waals surface area contributed by atoms with E-state index >= 15 is 0 Å². The highest BCUT2D eigenvalue weighted by atomic mass is 19.4. The summed E-state index contributed by atoms with van der Waals surface area (Å²) in [5.74, 6) is 0. The summed E-state index contributed by atoms with van der Waals surface area (Å²) in [4.78, 5) is 0. The first kappa shape index (κ1) is 14.6. The number of benzene rings is 2. The summed E-state index contributed by atoms with van der Waals surface area (Å²) in [5, 5.41) is 2.59. The molecule has 2 aromatic rings. The van der Waals surface area contributed by atoms with Gasteiger partial charge in [0.15, 0.2) is 0 Å². The van der Waals surface area contributed by atoms with E-state index in [0.717, 1.165) is 11.1 Å². The summed E-state index contributed by atoms with van der Waals surface area (Å²) in [6, 6.07) is 13.9. The van der Waals surface area contributed by atoms with E-state index in [2.05, 4.69) is 5.32 Å². The van der Waals surface area contributed by atoms with Crippen molar-refractivity contribution in [3.63, 3.8) is 0 Å². The lowest BCUT2D eigenvalue weighted by atomic mass is 10.0. The normalized spacial score (nSPS) is 13.2.